The van der Waals surface area contributed by atoms with Crippen molar-refractivity contribution in [2.45, 2.75) is 51.7 Å². The van der Waals surface area contributed by atoms with Gasteiger partial charge in [-0.2, -0.15) is 0 Å². The Morgan fingerprint density at radius 1 is 1.36 bits per heavy atom. The third-order valence-electron chi connectivity index (χ3n) is 2.45. The predicted octanol–water partition coefficient (Wildman–Crippen LogP) is 2.19. The van der Waals surface area contributed by atoms with Gasteiger partial charge in [-0.1, -0.05) is 13.3 Å². The van der Waals surface area contributed by atoms with Crippen molar-refractivity contribution >= 4 is 0 Å². The van der Waals surface area contributed by atoms with Crippen LogP contribution in [0, 0.1) is 11.8 Å². The number of hydrogen-bond acceptors (Lipinski definition) is 2. The van der Waals surface area contributed by atoms with Crippen LogP contribution in [0.4, 0.5) is 0 Å². The third kappa shape index (κ3) is 5.26. The molecule has 2 heteroatoms. The van der Waals surface area contributed by atoms with Crippen LogP contribution in [0.2, 0.25) is 0 Å². The van der Waals surface area contributed by atoms with Gasteiger partial charge in [-0.05, 0) is 26.8 Å². The molecule has 0 fully saturated rings. The van der Waals surface area contributed by atoms with Gasteiger partial charge in [0.25, 0.3) is 0 Å². The van der Waals surface area contributed by atoms with Crippen molar-refractivity contribution in [1.29, 1.82) is 0 Å². The van der Waals surface area contributed by atoms with E-state index in [2.05, 4.69) is 24.1 Å². The molecule has 0 aliphatic rings. The van der Waals surface area contributed by atoms with Gasteiger partial charge >= 0.3 is 0 Å². The summed E-state index contributed by atoms with van der Waals surface area (Å²) in [7, 11) is 3.78. The van der Waals surface area contributed by atoms with Gasteiger partial charge in [0.05, 0.1) is 6.10 Å². The van der Waals surface area contributed by atoms with Crippen molar-refractivity contribution in [2.24, 2.45) is 0 Å². The van der Waals surface area contributed by atoms with Crippen molar-refractivity contribution in [3.8, 4) is 11.8 Å². The number of likely N-dealkylation sites (N-methyl/N-ethyl adjacent to an activating group) is 1. The highest BCUT2D eigenvalue weighted by Crippen LogP contribution is 2.10. The van der Waals surface area contributed by atoms with Crippen LogP contribution in [-0.2, 0) is 4.74 Å². The molecule has 82 valence electrons. The van der Waals surface area contributed by atoms with E-state index < -0.39 is 0 Å². The van der Waals surface area contributed by atoms with Gasteiger partial charge in [0.2, 0.25) is 0 Å². The summed E-state index contributed by atoms with van der Waals surface area (Å²) < 4.78 is 5.46. The van der Waals surface area contributed by atoms with Gasteiger partial charge in [-0.3, -0.25) is 0 Å². The molecule has 0 aliphatic heterocycles. The van der Waals surface area contributed by atoms with E-state index in [0.29, 0.717) is 12.1 Å². The molecule has 0 heterocycles. The minimum absolute atomic E-state index is 0.323. The Morgan fingerprint density at radius 2 is 2.07 bits per heavy atom. The summed E-state index contributed by atoms with van der Waals surface area (Å²) in [4.78, 5) is 0. The monoisotopic (exact) mass is 197 g/mol. The smallest absolute Gasteiger partial charge is 0.0724 e. The van der Waals surface area contributed by atoms with Gasteiger partial charge in [0, 0.05) is 19.6 Å². The standard InChI is InChI=1S/C12H23NO/c1-5-7-8-10-11(13-3)12(14-4)9-6-2/h11-13H,6,8-10H2,1-4H3. The number of rotatable bonds is 7. The topological polar surface area (TPSA) is 21.3 Å². The second-order valence-corrected chi connectivity index (χ2v) is 3.42. The minimum atomic E-state index is 0.323. The molecule has 2 unspecified atom stereocenters. The molecule has 1 N–H and O–H groups in total. The summed E-state index contributed by atoms with van der Waals surface area (Å²) >= 11 is 0. The van der Waals surface area contributed by atoms with E-state index in [1.54, 1.807) is 7.11 Å². The number of nitrogens with one attached hydrogen (secondary N) is 1. The second-order valence-electron chi connectivity index (χ2n) is 3.42. The summed E-state index contributed by atoms with van der Waals surface area (Å²) in [5.74, 6) is 6.01. The molecule has 14 heavy (non-hydrogen) atoms. The van der Waals surface area contributed by atoms with Crippen LogP contribution in [0.3, 0.4) is 0 Å². The molecule has 0 aromatic heterocycles. The van der Waals surface area contributed by atoms with E-state index >= 15 is 0 Å². The van der Waals surface area contributed by atoms with Gasteiger partial charge in [-0.25, -0.2) is 0 Å². The molecule has 0 amide bonds. The number of ether oxygens (including phenoxy) is 1. The molecule has 2 nitrogen and oxygen atoms in total. The fourth-order valence-electron chi connectivity index (χ4n) is 1.64. The van der Waals surface area contributed by atoms with Crippen molar-refractivity contribution in [3.63, 3.8) is 0 Å². The lowest BCUT2D eigenvalue weighted by molar-refractivity contribution is 0.0610. The predicted molar refractivity (Wildman–Crippen MR) is 61.2 cm³/mol. The quantitative estimate of drug-likeness (QED) is 0.632. The maximum atomic E-state index is 5.46. The van der Waals surface area contributed by atoms with Gasteiger partial charge in [0.1, 0.15) is 0 Å². The van der Waals surface area contributed by atoms with E-state index in [1.807, 2.05) is 14.0 Å². The zero-order valence-corrected chi connectivity index (χ0v) is 9.89. The Morgan fingerprint density at radius 3 is 2.50 bits per heavy atom. The highest BCUT2D eigenvalue weighted by Gasteiger charge is 2.17. The summed E-state index contributed by atoms with van der Waals surface area (Å²) in [6, 6.07) is 0.431. The van der Waals surface area contributed by atoms with Crippen LogP contribution >= 0.6 is 0 Å². The molecule has 0 saturated heterocycles. The lowest BCUT2D eigenvalue weighted by atomic mass is 10.0. The maximum absolute atomic E-state index is 5.46. The van der Waals surface area contributed by atoms with Crippen LogP contribution in [-0.4, -0.2) is 26.3 Å². The lowest BCUT2D eigenvalue weighted by Gasteiger charge is -2.24. The highest BCUT2D eigenvalue weighted by molar-refractivity contribution is 4.96. The Balaban J connectivity index is 3.97. The molecule has 0 bridgehead atoms. The minimum Gasteiger partial charge on any atom is -0.380 e. The molecule has 0 saturated carbocycles. The van der Waals surface area contributed by atoms with Crippen molar-refractivity contribution in [2.75, 3.05) is 14.2 Å². The Hall–Kier alpha value is -0.520. The zero-order valence-electron chi connectivity index (χ0n) is 9.89. The highest BCUT2D eigenvalue weighted by atomic mass is 16.5. The van der Waals surface area contributed by atoms with Gasteiger partial charge in [-0.15, -0.1) is 11.8 Å². The summed E-state index contributed by atoms with van der Waals surface area (Å²) in [5, 5.41) is 3.30. The first kappa shape index (κ1) is 13.5. The molecular weight excluding hydrogens is 174 g/mol. The molecule has 0 aliphatic carbocycles. The maximum Gasteiger partial charge on any atom is 0.0724 e. The SMILES string of the molecule is CC#CCCC(NC)C(CCC)OC. The normalized spacial score (nSPS) is 14.3. The fraction of sp³-hybridized carbons (Fsp3) is 0.833. The van der Waals surface area contributed by atoms with Gasteiger partial charge in [0.15, 0.2) is 0 Å². The average Bonchev–Trinajstić information content (AvgIpc) is 2.22. The Bertz CT molecular complexity index is 180. The Kier molecular flexibility index (Phi) is 8.72. The van der Waals surface area contributed by atoms with E-state index in [0.717, 1.165) is 25.7 Å². The van der Waals surface area contributed by atoms with Crippen LogP contribution in [0.5, 0.6) is 0 Å². The Labute approximate surface area is 88.4 Å². The largest absolute Gasteiger partial charge is 0.380 e. The number of hydrogen-bond donors (Lipinski definition) is 1. The fourth-order valence-corrected chi connectivity index (χ4v) is 1.64. The van der Waals surface area contributed by atoms with E-state index in [1.165, 1.54) is 0 Å². The third-order valence-corrected chi connectivity index (χ3v) is 2.45. The van der Waals surface area contributed by atoms with Gasteiger partial charge < -0.3 is 10.1 Å². The van der Waals surface area contributed by atoms with E-state index in [9.17, 15) is 0 Å². The van der Waals surface area contributed by atoms with Crippen LogP contribution in [0.15, 0.2) is 0 Å². The van der Waals surface area contributed by atoms with Crippen LogP contribution in [0.25, 0.3) is 0 Å². The molecule has 2 atom stereocenters. The van der Waals surface area contributed by atoms with E-state index in [-0.39, 0.29) is 0 Å². The number of methoxy groups -OCH3 is 1. The van der Waals surface area contributed by atoms with Crippen molar-refractivity contribution in [1.82, 2.24) is 5.32 Å². The zero-order chi connectivity index (χ0) is 10.8. The second kappa shape index (κ2) is 9.05. The molecule has 0 aromatic carbocycles. The molecular formula is C12H23NO. The lowest BCUT2D eigenvalue weighted by Crippen LogP contribution is -2.38. The first-order valence-corrected chi connectivity index (χ1v) is 5.39. The summed E-state index contributed by atoms with van der Waals surface area (Å²) in [6.07, 6.45) is 4.61. The first-order chi connectivity index (χ1) is 6.79. The van der Waals surface area contributed by atoms with Crippen LogP contribution < -0.4 is 5.32 Å². The average molecular weight is 197 g/mol. The van der Waals surface area contributed by atoms with Crippen molar-refractivity contribution < 1.29 is 4.74 Å². The molecule has 0 rings (SSSR count). The molecule has 0 spiro atoms. The van der Waals surface area contributed by atoms with E-state index in [4.69, 9.17) is 4.74 Å². The van der Waals surface area contributed by atoms with Crippen LogP contribution in [0.1, 0.15) is 39.5 Å². The summed E-state index contributed by atoms with van der Waals surface area (Å²) in [6.45, 7) is 4.07. The first-order valence-electron chi connectivity index (χ1n) is 5.39. The van der Waals surface area contributed by atoms with Crippen molar-refractivity contribution in [3.05, 3.63) is 0 Å². The molecule has 0 aromatic rings. The molecule has 0 radical (unpaired) electrons. The summed E-state index contributed by atoms with van der Waals surface area (Å²) in [5.41, 5.74) is 0.